The zero-order valence-electron chi connectivity index (χ0n) is 10.5. The van der Waals surface area contributed by atoms with Gasteiger partial charge in [-0.15, -0.1) is 11.3 Å². The maximum atomic E-state index is 6.23. The summed E-state index contributed by atoms with van der Waals surface area (Å²) in [4.78, 5) is 5.83. The summed E-state index contributed by atoms with van der Waals surface area (Å²) >= 11 is 1.68. The van der Waals surface area contributed by atoms with Gasteiger partial charge in [-0.05, 0) is 24.3 Å². The Bertz CT molecular complexity index is 517. The molecule has 1 fully saturated rings. The van der Waals surface area contributed by atoms with Crippen LogP contribution in [0.2, 0.25) is 0 Å². The fourth-order valence-electron chi connectivity index (χ4n) is 2.71. The minimum Gasteiger partial charge on any atom is -0.327 e. The Morgan fingerprint density at radius 3 is 2.94 bits per heavy atom. The molecular formula is C13H18N4S. The standard InChI is InChI=1S/C13H18N4S/c1-17-13(9-5-2-3-6-10(9)14)15-12(16-17)11-7-4-8-18-11/h4,7-10H,2-3,5-6,14H2,1H3. The van der Waals surface area contributed by atoms with Gasteiger partial charge in [0.15, 0.2) is 5.82 Å². The lowest BCUT2D eigenvalue weighted by molar-refractivity contribution is 0.364. The summed E-state index contributed by atoms with van der Waals surface area (Å²) < 4.78 is 1.91. The number of nitrogens with two attached hydrogens (primary N) is 1. The zero-order chi connectivity index (χ0) is 12.5. The second-order valence-corrected chi connectivity index (χ2v) is 5.90. The van der Waals surface area contributed by atoms with E-state index in [0.717, 1.165) is 29.4 Å². The minimum atomic E-state index is 0.234. The average molecular weight is 262 g/mol. The molecule has 0 bridgehead atoms. The van der Waals surface area contributed by atoms with Crippen LogP contribution in [0.3, 0.4) is 0 Å². The molecule has 18 heavy (non-hydrogen) atoms. The van der Waals surface area contributed by atoms with Crippen molar-refractivity contribution in [3.05, 3.63) is 23.3 Å². The zero-order valence-corrected chi connectivity index (χ0v) is 11.4. The highest BCUT2D eigenvalue weighted by Crippen LogP contribution is 2.32. The quantitative estimate of drug-likeness (QED) is 0.904. The lowest BCUT2D eigenvalue weighted by Crippen LogP contribution is -2.33. The first-order chi connectivity index (χ1) is 8.75. The molecule has 2 atom stereocenters. The molecular weight excluding hydrogens is 244 g/mol. The van der Waals surface area contributed by atoms with E-state index in [1.165, 1.54) is 12.8 Å². The molecule has 5 heteroatoms. The fourth-order valence-corrected chi connectivity index (χ4v) is 3.36. The van der Waals surface area contributed by atoms with Gasteiger partial charge in [-0.3, -0.25) is 4.68 Å². The third-order valence-electron chi connectivity index (χ3n) is 3.69. The second kappa shape index (κ2) is 4.82. The van der Waals surface area contributed by atoms with Gasteiger partial charge in [0.2, 0.25) is 0 Å². The van der Waals surface area contributed by atoms with E-state index in [0.29, 0.717) is 5.92 Å². The molecule has 0 aliphatic heterocycles. The number of hydrogen-bond donors (Lipinski definition) is 1. The van der Waals surface area contributed by atoms with E-state index in [1.807, 2.05) is 17.8 Å². The van der Waals surface area contributed by atoms with E-state index in [4.69, 9.17) is 10.7 Å². The van der Waals surface area contributed by atoms with Crippen LogP contribution in [0, 0.1) is 0 Å². The smallest absolute Gasteiger partial charge is 0.191 e. The van der Waals surface area contributed by atoms with Crippen molar-refractivity contribution < 1.29 is 0 Å². The van der Waals surface area contributed by atoms with Gasteiger partial charge < -0.3 is 5.73 Å². The third kappa shape index (κ3) is 2.08. The summed E-state index contributed by atoms with van der Waals surface area (Å²) in [5, 5.41) is 6.58. The monoisotopic (exact) mass is 262 g/mol. The Hall–Kier alpha value is -1.20. The maximum absolute atomic E-state index is 6.23. The number of hydrogen-bond acceptors (Lipinski definition) is 4. The molecule has 2 N–H and O–H groups in total. The molecule has 0 amide bonds. The van der Waals surface area contributed by atoms with Crippen molar-refractivity contribution in [3.63, 3.8) is 0 Å². The Morgan fingerprint density at radius 1 is 1.39 bits per heavy atom. The highest BCUT2D eigenvalue weighted by Gasteiger charge is 2.27. The van der Waals surface area contributed by atoms with Crippen molar-refractivity contribution in [1.82, 2.24) is 14.8 Å². The molecule has 1 saturated carbocycles. The van der Waals surface area contributed by atoms with Gasteiger partial charge in [0.25, 0.3) is 0 Å². The second-order valence-electron chi connectivity index (χ2n) is 4.95. The van der Waals surface area contributed by atoms with Crippen LogP contribution < -0.4 is 5.73 Å². The third-order valence-corrected chi connectivity index (χ3v) is 4.56. The average Bonchev–Trinajstić information content (AvgIpc) is 2.99. The molecule has 2 aromatic heterocycles. The molecule has 0 spiro atoms. The van der Waals surface area contributed by atoms with Gasteiger partial charge in [-0.2, -0.15) is 5.10 Å². The summed E-state index contributed by atoms with van der Waals surface area (Å²) in [6.07, 6.45) is 4.73. The van der Waals surface area contributed by atoms with Crippen molar-refractivity contribution in [2.45, 2.75) is 37.6 Å². The Balaban J connectivity index is 1.93. The van der Waals surface area contributed by atoms with Gasteiger partial charge in [-0.1, -0.05) is 18.9 Å². The number of nitrogens with zero attached hydrogens (tertiary/aromatic N) is 3. The van der Waals surface area contributed by atoms with Crippen LogP contribution in [0.5, 0.6) is 0 Å². The summed E-state index contributed by atoms with van der Waals surface area (Å²) in [6.45, 7) is 0. The van der Waals surface area contributed by atoms with E-state index in [-0.39, 0.29) is 6.04 Å². The van der Waals surface area contributed by atoms with Crippen molar-refractivity contribution in [2.75, 3.05) is 0 Å². The fraction of sp³-hybridized carbons (Fsp3) is 0.538. The van der Waals surface area contributed by atoms with E-state index >= 15 is 0 Å². The first-order valence-corrected chi connectivity index (χ1v) is 7.34. The van der Waals surface area contributed by atoms with Crippen molar-refractivity contribution in [1.29, 1.82) is 0 Å². The molecule has 0 radical (unpaired) electrons. The molecule has 0 saturated heterocycles. The predicted octanol–water partition coefficient (Wildman–Crippen LogP) is 2.53. The predicted molar refractivity (Wildman–Crippen MR) is 73.5 cm³/mol. The number of aryl methyl sites for hydroxylation is 1. The SMILES string of the molecule is Cn1nc(-c2cccs2)nc1C1CCCCC1N. The summed E-state index contributed by atoms with van der Waals surface area (Å²) in [5.41, 5.74) is 6.23. The van der Waals surface area contributed by atoms with Crippen LogP contribution in [-0.4, -0.2) is 20.8 Å². The highest BCUT2D eigenvalue weighted by atomic mass is 32.1. The molecule has 1 aliphatic carbocycles. The van der Waals surface area contributed by atoms with Crippen molar-refractivity contribution >= 4 is 11.3 Å². The summed E-state index contributed by atoms with van der Waals surface area (Å²) in [5.74, 6) is 2.25. The lowest BCUT2D eigenvalue weighted by Gasteiger charge is -2.27. The number of rotatable bonds is 2. The van der Waals surface area contributed by atoms with Crippen LogP contribution in [0.25, 0.3) is 10.7 Å². The molecule has 1 aliphatic rings. The van der Waals surface area contributed by atoms with E-state index in [9.17, 15) is 0 Å². The summed E-state index contributed by atoms with van der Waals surface area (Å²) in [6, 6.07) is 4.32. The van der Waals surface area contributed by atoms with E-state index < -0.39 is 0 Å². The molecule has 4 nitrogen and oxygen atoms in total. The normalized spacial score (nSPS) is 24.3. The number of thiophene rings is 1. The minimum absolute atomic E-state index is 0.234. The van der Waals surface area contributed by atoms with Crippen LogP contribution in [0.1, 0.15) is 37.4 Å². The van der Waals surface area contributed by atoms with Crippen LogP contribution in [0.4, 0.5) is 0 Å². The van der Waals surface area contributed by atoms with E-state index in [2.05, 4.69) is 16.5 Å². The Labute approximate surface area is 111 Å². The number of aromatic nitrogens is 3. The molecule has 3 rings (SSSR count). The Kier molecular flexibility index (Phi) is 3.18. The molecule has 2 unspecified atom stereocenters. The largest absolute Gasteiger partial charge is 0.327 e. The molecule has 2 aromatic rings. The van der Waals surface area contributed by atoms with Gasteiger partial charge >= 0.3 is 0 Å². The summed E-state index contributed by atoms with van der Waals surface area (Å²) in [7, 11) is 1.97. The molecule has 0 aromatic carbocycles. The van der Waals surface area contributed by atoms with Crippen LogP contribution >= 0.6 is 11.3 Å². The Morgan fingerprint density at radius 2 is 2.22 bits per heavy atom. The van der Waals surface area contributed by atoms with Gasteiger partial charge in [0.05, 0.1) is 4.88 Å². The molecule has 2 heterocycles. The van der Waals surface area contributed by atoms with Gasteiger partial charge in [-0.25, -0.2) is 4.98 Å². The van der Waals surface area contributed by atoms with Gasteiger partial charge in [0.1, 0.15) is 5.82 Å². The highest BCUT2D eigenvalue weighted by molar-refractivity contribution is 7.13. The van der Waals surface area contributed by atoms with Gasteiger partial charge in [0, 0.05) is 19.0 Å². The van der Waals surface area contributed by atoms with Crippen LogP contribution in [0.15, 0.2) is 17.5 Å². The van der Waals surface area contributed by atoms with Crippen molar-refractivity contribution in [2.24, 2.45) is 12.8 Å². The van der Waals surface area contributed by atoms with Crippen LogP contribution in [-0.2, 0) is 7.05 Å². The lowest BCUT2D eigenvalue weighted by atomic mass is 9.84. The molecule has 96 valence electrons. The first kappa shape index (κ1) is 11.9. The van der Waals surface area contributed by atoms with Crippen molar-refractivity contribution in [3.8, 4) is 10.7 Å². The van der Waals surface area contributed by atoms with E-state index in [1.54, 1.807) is 11.3 Å². The first-order valence-electron chi connectivity index (χ1n) is 6.46. The maximum Gasteiger partial charge on any atom is 0.191 e. The topological polar surface area (TPSA) is 56.7 Å².